The van der Waals surface area contributed by atoms with Crippen molar-refractivity contribution in [3.63, 3.8) is 0 Å². The van der Waals surface area contributed by atoms with Crippen LogP contribution in [0.15, 0.2) is 58.8 Å². The van der Waals surface area contributed by atoms with E-state index in [0.29, 0.717) is 28.5 Å². The Labute approximate surface area is 204 Å². The highest BCUT2D eigenvalue weighted by Gasteiger charge is 2.38. The lowest BCUT2D eigenvalue weighted by atomic mass is 9.73. The van der Waals surface area contributed by atoms with Gasteiger partial charge in [0.1, 0.15) is 12.4 Å². The first kappa shape index (κ1) is 25.3. The van der Waals surface area contributed by atoms with Gasteiger partial charge in [0.25, 0.3) is 5.89 Å². The van der Waals surface area contributed by atoms with Crippen molar-refractivity contribution in [3.8, 4) is 11.5 Å². The Kier molecular flexibility index (Phi) is 7.48. The molecule has 3 rings (SSSR count). The molecule has 0 spiro atoms. The van der Waals surface area contributed by atoms with Crippen LogP contribution in [0.2, 0.25) is 0 Å². The summed E-state index contributed by atoms with van der Waals surface area (Å²) in [5, 5.41) is 8.51. The molecule has 1 atom stereocenters. The van der Waals surface area contributed by atoms with Crippen LogP contribution in [-0.2, 0) is 16.8 Å². The van der Waals surface area contributed by atoms with E-state index in [-0.39, 0.29) is 24.2 Å². The second kappa shape index (κ2) is 10.3. The van der Waals surface area contributed by atoms with Crippen molar-refractivity contribution < 1.29 is 9.32 Å². The second-order valence-electron chi connectivity index (χ2n) is 8.80. The van der Waals surface area contributed by atoms with E-state index in [1.165, 1.54) is 22.0 Å². The van der Waals surface area contributed by atoms with Gasteiger partial charge in [0, 0.05) is 44.5 Å². The molecule has 0 saturated carbocycles. The first-order chi connectivity index (χ1) is 16.6. The fourth-order valence-electron chi connectivity index (χ4n) is 3.33. The van der Waals surface area contributed by atoms with Crippen LogP contribution in [-0.4, -0.2) is 56.0 Å². The standard InChI is InChI=1S/C24H31N9O2/c1-15(2)24(4,19-7-8-20(28-12-19)17(9-25)10-27-16(3)26)23-30-22(35-31-23)18-11-29-33(13-18)14-21(34)32(5)6/h7-13,15H,3,14,25-26H2,1-2,4-6H3/b17-9+,27-10-/t24-/m0/s1. The van der Waals surface area contributed by atoms with Gasteiger partial charge in [-0.05, 0) is 24.5 Å². The maximum Gasteiger partial charge on any atom is 0.261 e. The fourth-order valence-corrected chi connectivity index (χ4v) is 3.33. The summed E-state index contributed by atoms with van der Waals surface area (Å²) >= 11 is 0. The minimum absolute atomic E-state index is 0.0685. The normalized spacial score (nSPS) is 13.8. The van der Waals surface area contributed by atoms with Gasteiger partial charge in [0.05, 0.1) is 22.9 Å². The van der Waals surface area contributed by atoms with E-state index in [9.17, 15) is 4.79 Å². The van der Waals surface area contributed by atoms with Crippen LogP contribution >= 0.6 is 0 Å². The minimum Gasteiger partial charge on any atom is -0.404 e. The molecule has 3 heterocycles. The number of aliphatic imine (C=N–C) groups is 1. The van der Waals surface area contributed by atoms with E-state index < -0.39 is 5.41 Å². The topological polar surface area (TPSA) is 154 Å². The number of likely N-dealkylation sites (N-methyl/N-ethyl adjacent to an activating group) is 1. The van der Waals surface area contributed by atoms with Crippen molar-refractivity contribution in [1.29, 1.82) is 0 Å². The van der Waals surface area contributed by atoms with Gasteiger partial charge in [0.15, 0.2) is 5.82 Å². The summed E-state index contributed by atoms with van der Waals surface area (Å²) in [6, 6.07) is 3.81. The summed E-state index contributed by atoms with van der Waals surface area (Å²) in [7, 11) is 3.39. The molecule has 0 aromatic carbocycles. The molecule has 184 valence electrons. The maximum absolute atomic E-state index is 12.0. The van der Waals surface area contributed by atoms with Gasteiger partial charge < -0.3 is 20.9 Å². The van der Waals surface area contributed by atoms with Gasteiger partial charge in [-0.15, -0.1) is 0 Å². The highest BCUT2D eigenvalue weighted by molar-refractivity contribution is 6.09. The molecule has 1 amide bonds. The highest BCUT2D eigenvalue weighted by Crippen LogP contribution is 2.38. The zero-order valence-corrected chi connectivity index (χ0v) is 20.6. The molecule has 3 aromatic rings. The number of nitrogens with two attached hydrogens (primary N) is 2. The monoisotopic (exact) mass is 477 g/mol. The predicted molar refractivity (Wildman–Crippen MR) is 134 cm³/mol. The van der Waals surface area contributed by atoms with Crippen molar-refractivity contribution in [3.05, 3.63) is 66.4 Å². The van der Waals surface area contributed by atoms with Crippen LogP contribution in [0.25, 0.3) is 17.0 Å². The molecule has 0 bridgehead atoms. The average Bonchev–Trinajstić information content (AvgIpc) is 3.49. The lowest BCUT2D eigenvalue weighted by molar-refractivity contribution is -0.129. The van der Waals surface area contributed by atoms with Crippen LogP contribution in [0.1, 0.15) is 37.9 Å². The lowest BCUT2D eigenvalue weighted by Gasteiger charge is -2.30. The Morgan fingerprint density at radius 3 is 2.66 bits per heavy atom. The number of allylic oxidation sites excluding steroid dienone is 1. The molecule has 11 heteroatoms. The summed E-state index contributed by atoms with van der Waals surface area (Å²) < 4.78 is 7.11. The largest absolute Gasteiger partial charge is 0.404 e. The Bertz CT molecular complexity index is 1250. The van der Waals surface area contributed by atoms with Crippen molar-refractivity contribution in [2.75, 3.05) is 14.1 Å². The Morgan fingerprint density at radius 1 is 1.34 bits per heavy atom. The number of nitrogens with zero attached hydrogens (tertiary/aromatic N) is 7. The molecule has 35 heavy (non-hydrogen) atoms. The number of rotatable bonds is 9. The fraction of sp³-hybridized carbons (Fsp3) is 0.333. The quantitative estimate of drug-likeness (QED) is 0.444. The summed E-state index contributed by atoms with van der Waals surface area (Å²) in [5.74, 6) is 1.07. The summed E-state index contributed by atoms with van der Waals surface area (Å²) in [6.45, 7) is 9.88. The Balaban J connectivity index is 1.90. The third-order valence-electron chi connectivity index (χ3n) is 5.93. The van der Waals surface area contributed by atoms with Crippen LogP contribution in [0.4, 0.5) is 0 Å². The van der Waals surface area contributed by atoms with Gasteiger partial charge in [-0.2, -0.15) is 10.1 Å². The van der Waals surface area contributed by atoms with Gasteiger partial charge in [0.2, 0.25) is 5.91 Å². The first-order valence-electron chi connectivity index (χ1n) is 11.0. The van der Waals surface area contributed by atoms with E-state index in [2.05, 4.69) is 45.6 Å². The van der Waals surface area contributed by atoms with Crippen LogP contribution in [0.3, 0.4) is 0 Å². The molecule has 0 unspecified atom stereocenters. The van der Waals surface area contributed by atoms with E-state index in [0.717, 1.165) is 5.56 Å². The number of aromatic nitrogens is 5. The third-order valence-corrected chi connectivity index (χ3v) is 5.93. The molecule has 4 N–H and O–H groups in total. The van der Waals surface area contributed by atoms with Crippen molar-refractivity contribution >= 4 is 17.7 Å². The number of carbonyl (C=O) groups is 1. The molecule has 0 aliphatic carbocycles. The number of hydrogen-bond donors (Lipinski definition) is 2. The molecule has 3 aromatic heterocycles. The molecule has 11 nitrogen and oxygen atoms in total. The lowest BCUT2D eigenvalue weighted by Crippen LogP contribution is -2.31. The van der Waals surface area contributed by atoms with Gasteiger partial charge in [-0.1, -0.05) is 31.6 Å². The van der Waals surface area contributed by atoms with E-state index in [1.807, 2.05) is 19.1 Å². The van der Waals surface area contributed by atoms with Crippen LogP contribution < -0.4 is 11.5 Å². The number of carbonyl (C=O) groups excluding carboxylic acids is 1. The van der Waals surface area contributed by atoms with Crippen LogP contribution in [0.5, 0.6) is 0 Å². The second-order valence-corrected chi connectivity index (χ2v) is 8.80. The number of pyridine rings is 1. The van der Waals surface area contributed by atoms with Gasteiger partial charge in [-0.25, -0.2) is 4.99 Å². The first-order valence-corrected chi connectivity index (χ1v) is 11.0. The minimum atomic E-state index is -0.587. The van der Waals surface area contributed by atoms with Crippen LogP contribution in [0, 0.1) is 5.92 Å². The maximum atomic E-state index is 12.0. The van der Waals surface area contributed by atoms with Crippen molar-refractivity contribution in [1.82, 2.24) is 29.8 Å². The molecular formula is C24H31N9O2. The van der Waals surface area contributed by atoms with Crippen molar-refractivity contribution in [2.45, 2.75) is 32.7 Å². The average molecular weight is 478 g/mol. The zero-order chi connectivity index (χ0) is 25.8. The Morgan fingerprint density at radius 2 is 2.09 bits per heavy atom. The number of amides is 1. The molecule has 0 saturated heterocycles. The summed E-state index contributed by atoms with van der Waals surface area (Å²) in [5.41, 5.74) is 13.4. The smallest absolute Gasteiger partial charge is 0.261 e. The molecule has 0 radical (unpaired) electrons. The Hall–Kier alpha value is -4.28. The van der Waals surface area contributed by atoms with Gasteiger partial charge in [-0.3, -0.25) is 14.5 Å². The third kappa shape index (κ3) is 5.45. The molecule has 0 aliphatic rings. The summed E-state index contributed by atoms with van der Waals surface area (Å²) in [6.07, 6.45) is 8.00. The van der Waals surface area contributed by atoms with Crippen molar-refractivity contribution in [2.24, 2.45) is 22.4 Å². The number of hydrogen-bond acceptors (Lipinski definition) is 9. The summed E-state index contributed by atoms with van der Waals surface area (Å²) in [4.78, 5) is 26.7. The van der Waals surface area contributed by atoms with E-state index in [4.69, 9.17) is 16.0 Å². The van der Waals surface area contributed by atoms with E-state index >= 15 is 0 Å². The molecular weight excluding hydrogens is 446 g/mol. The highest BCUT2D eigenvalue weighted by atomic mass is 16.5. The zero-order valence-electron chi connectivity index (χ0n) is 20.6. The molecule has 0 aliphatic heterocycles. The predicted octanol–water partition coefficient (Wildman–Crippen LogP) is 2.18. The van der Waals surface area contributed by atoms with E-state index in [1.54, 1.807) is 32.7 Å². The SMILES string of the molecule is C=C(N)/N=C\C(=C/N)c1ccc([C@@](C)(c2noc(-c3cnn(CC(=O)N(C)C)c3)n2)C(C)C)cn1. The van der Waals surface area contributed by atoms with Gasteiger partial charge >= 0.3 is 0 Å². The molecule has 0 fully saturated rings.